The summed E-state index contributed by atoms with van der Waals surface area (Å²) < 4.78 is 16.8. The Balaban J connectivity index is 1.89. The van der Waals surface area contributed by atoms with Gasteiger partial charge in [0.25, 0.3) is 0 Å². The minimum absolute atomic E-state index is 0.207. The van der Waals surface area contributed by atoms with E-state index in [0.29, 0.717) is 6.79 Å². The number of rotatable bonds is 5. The molecular formula is C16H27NO3Si. The van der Waals surface area contributed by atoms with Gasteiger partial charge in [0, 0.05) is 6.04 Å². The lowest BCUT2D eigenvalue weighted by Gasteiger charge is -2.36. The van der Waals surface area contributed by atoms with Crippen molar-refractivity contribution in [2.45, 2.75) is 58.3 Å². The van der Waals surface area contributed by atoms with Gasteiger partial charge in [-0.15, -0.1) is 0 Å². The summed E-state index contributed by atoms with van der Waals surface area (Å²) in [5.41, 5.74) is 4.46. The molecule has 2 rings (SSSR count). The van der Waals surface area contributed by atoms with E-state index in [0.717, 1.165) is 17.9 Å². The second-order valence-electron chi connectivity index (χ2n) is 7.27. The lowest BCUT2D eigenvalue weighted by molar-refractivity contribution is 0.141. The van der Waals surface area contributed by atoms with Crippen molar-refractivity contribution < 1.29 is 14.0 Å². The summed E-state index contributed by atoms with van der Waals surface area (Å²) >= 11 is 0. The fourth-order valence-electron chi connectivity index (χ4n) is 1.86. The molecule has 0 aromatic heterocycles. The van der Waals surface area contributed by atoms with Crippen LogP contribution < -0.4 is 15.0 Å². The van der Waals surface area contributed by atoms with Crippen LogP contribution in [0.3, 0.4) is 0 Å². The molecule has 0 spiro atoms. The zero-order valence-electron chi connectivity index (χ0n) is 13.9. The number of hydrogen-bond donors (Lipinski definition) is 1. The third-order valence-corrected chi connectivity index (χ3v) is 8.54. The summed E-state index contributed by atoms with van der Waals surface area (Å²) in [6.45, 7) is 13.7. The van der Waals surface area contributed by atoms with Gasteiger partial charge in [0.2, 0.25) is 15.1 Å². The molecule has 0 fully saturated rings. The number of nitrogens with one attached hydrogen (secondary N) is 1. The van der Waals surface area contributed by atoms with Gasteiger partial charge in [0.05, 0.1) is 0 Å². The third-order valence-electron chi connectivity index (χ3n) is 4.30. The van der Waals surface area contributed by atoms with Crippen molar-refractivity contribution in [3.05, 3.63) is 23.8 Å². The smallest absolute Gasteiger partial charge is 0.231 e. The fourth-order valence-corrected chi connectivity index (χ4v) is 2.67. The van der Waals surface area contributed by atoms with Gasteiger partial charge in [-0.3, -0.25) is 0 Å². The van der Waals surface area contributed by atoms with Crippen LogP contribution in [0.2, 0.25) is 18.1 Å². The van der Waals surface area contributed by atoms with Crippen LogP contribution in [-0.2, 0) is 10.9 Å². The first-order valence-electron chi connectivity index (χ1n) is 7.51. The lowest BCUT2D eigenvalue weighted by Crippen LogP contribution is -2.47. The Morgan fingerprint density at radius 3 is 2.57 bits per heavy atom. The number of ether oxygens (including phenoxy) is 2. The zero-order valence-corrected chi connectivity index (χ0v) is 14.9. The number of hydrogen-bond acceptors (Lipinski definition) is 4. The Labute approximate surface area is 128 Å². The third kappa shape index (κ3) is 3.99. The number of benzene rings is 1. The van der Waals surface area contributed by atoms with E-state index < -0.39 is 8.32 Å². The van der Waals surface area contributed by atoms with Crippen molar-refractivity contribution in [1.29, 1.82) is 0 Å². The molecule has 4 nitrogen and oxygen atoms in total. The van der Waals surface area contributed by atoms with Gasteiger partial charge in [0.15, 0.2) is 11.5 Å². The van der Waals surface area contributed by atoms with Gasteiger partial charge in [-0.2, -0.15) is 0 Å². The summed E-state index contributed by atoms with van der Waals surface area (Å²) in [5, 5.41) is 0.207. The topological polar surface area (TPSA) is 39.7 Å². The Hall–Kier alpha value is -1.04. The lowest BCUT2D eigenvalue weighted by atomic mass is 10.1. The van der Waals surface area contributed by atoms with Crippen LogP contribution in [0, 0.1) is 0 Å². The van der Waals surface area contributed by atoms with Gasteiger partial charge < -0.3 is 14.0 Å². The summed E-state index contributed by atoms with van der Waals surface area (Å²) in [4.78, 5) is 0. The standard InChI is InChI=1S/C16H27NO3Si/c1-12(17-20-21(5,6)16(2,3)4)9-13-7-8-14-15(10-13)19-11-18-14/h7-8,10,12,17H,9,11H2,1-6H3. The quantitative estimate of drug-likeness (QED) is 0.662. The molecule has 0 radical (unpaired) electrons. The molecule has 0 amide bonds. The van der Waals surface area contributed by atoms with Crippen LogP contribution in [0.4, 0.5) is 0 Å². The van der Waals surface area contributed by atoms with Crippen LogP contribution in [0.1, 0.15) is 33.3 Å². The van der Waals surface area contributed by atoms with Crippen molar-refractivity contribution in [1.82, 2.24) is 5.48 Å². The van der Waals surface area contributed by atoms with Gasteiger partial charge in [-0.05, 0) is 49.2 Å². The molecule has 1 unspecified atom stereocenters. The molecule has 1 aromatic rings. The summed E-state index contributed by atoms with van der Waals surface area (Å²) in [7, 11) is -1.76. The van der Waals surface area contributed by atoms with Gasteiger partial charge >= 0.3 is 0 Å². The minimum Gasteiger partial charge on any atom is -0.454 e. The molecule has 1 heterocycles. The molecule has 5 heteroatoms. The molecule has 0 saturated carbocycles. The zero-order chi connectivity index (χ0) is 15.7. The summed E-state index contributed by atoms with van der Waals surface area (Å²) in [5.74, 6) is 1.67. The monoisotopic (exact) mass is 309 g/mol. The molecule has 0 aliphatic carbocycles. The van der Waals surface area contributed by atoms with E-state index in [2.05, 4.69) is 52.3 Å². The Kier molecular flexibility index (Phi) is 4.65. The maximum absolute atomic E-state index is 6.05. The summed E-state index contributed by atoms with van der Waals surface area (Å²) in [6.07, 6.45) is 0.894. The first-order valence-corrected chi connectivity index (χ1v) is 10.4. The van der Waals surface area contributed by atoms with E-state index in [1.54, 1.807) is 0 Å². The Bertz CT molecular complexity index is 497. The molecule has 1 N–H and O–H groups in total. The molecule has 0 saturated heterocycles. The SMILES string of the molecule is CC(Cc1ccc2c(c1)OCO2)NO[Si](C)(C)C(C)(C)C. The van der Waals surface area contributed by atoms with Gasteiger partial charge in [0.1, 0.15) is 0 Å². The van der Waals surface area contributed by atoms with Crippen molar-refractivity contribution in [3.8, 4) is 11.5 Å². The van der Waals surface area contributed by atoms with Crippen LogP contribution in [0.15, 0.2) is 18.2 Å². The van der Waals surface area contributed by atoms with E-state index in [1.807, 2.05) is 12.1 Å². The van der Waals surface area contributed by atoms with E-state index in [1.165, 1.54) is 5.56 Å². The largest absolute Gasteiger partial charge is 0.454 e. The van der Waals surface area contributed by atoms with E-state index >= 15 is 0 Å². The van der Waals surface area contributed by atoms with E-state index in [-0.39, 0.29) is 11.1 Å². The molecule has 0 bridgehead atoms. The minimum atomic E-state index is -1.76. The van der Waals surface area contributed by atoms with Crippen molar-refractivity contribution in [2.75, 3.05) is 6.79 Å². The first-order chi connectivity index (χ1) is 9.69. The first kappa shape index (κ1) is 16.3. The molecule has 1 aliphatic rings. The highest BCUT2D eigenvalue weighted by Crippen LogP contribution is 2.36. The van der Waals surface area contributed by atoms with E-state index in [9.17, 15) is 0 Å². The normalized spacial score (nSPS) is 16.1. The van der Waals surface area contributed by atoms with Crippen molar-refractivity contribution >= 4 is 8.32 Å². The average Bonchev–Trinajstić information content (AvgIpc) is 2.82. The second kappa shape index (κ2) is 5.99. The highest BCUT2D eigenvalue weighted by atomic mass is 28.4. The van der Waals surface area contributed by atoms with Crippen LogP contribution in [0.25, 0.3) is 0 Å². The Morgan fingerprint density at radius 2 is 1.90 bits per heavy atom. The number of fused-ring (bicyclic) bond motifs is 1. The molecule has 118 valence electrons. The Morgan fingerprint density at radius 1 is 1.24 bits per heavy atom. The maximum Gasteiger partial charge on any atom is 0.231 e. The van der Waals surface area contributed by atoms with Crippen LogP contribution in [-0.4, -0.2) is 21.2 Å². The predicted molar refractivity (Wildman–Crippen MR) is 87.1 cm³/mol. The van der Waals surface area contributed by atoms with Crippen LogP contribution in [0.5, 0.6) is 11.5 Å². The van der Waals surface area contributed by atoms with Crippen molar-refractivity contribution in [2.24, 2.45) is 0 Å². The highest BCUT2D eigenvalue weighted by molar-refractivity contribution is 6.74. The molecule has 1 aliphatic heterocycles. The predicted octanol–water partition coefficient (Wildman–Crippen LogP) is 3.87. The summed E-state index contributed by atoms with van der Waals surface area (Å²) in [6, 6.07) is 6.35. The highest BCUT2D eigenvalue weighted by Gasteiger charge is 2.38. The van der Waals surface area contributed by atoms with Gasteiger partial charge in [-0.25, -0.2) is 5.48 Å². The molecular weight excluding hydrogens is 282 g/mol. The molecule has 1 aromatic carbocycles. The van der Waals surface area contributed by atoms with Crippen molar-refractivity contribution in [3.63, 3.8) is 0 Å². The number of hydroxylamine groups is 1. The maximum atomic E-state index is 6.05. The average molecular weight is 309 g/mol. The van der Waals surface area contributed by atoms with E-state index in [4.69, 9.17) is 14.0 Å². The molecule has 1 atom stereocenters. The molecule has 21 heavy (non-hydrogen) atoms. The second-order valence-corrected chi connectivity index (χ2v) is 12.0. The fraction of sp³-hybridized carbons (Fsp3) is 0.625. The van der Waals surface area contributed by atoms with Gasteiger partial charge in [-0.1, -0.05) is 26.8 Å². The van der Waals surface area contributed by atoms with Crippen LogP contribution >= 0.6 is 0 Å².